The molecule has 0 spiro atoms. The second kappa shape index (κ2) is 12.4. The smallest absolute Gasteiger partial charge is 0.338 e. The van der Waals surface area contributed by atoms with Gasteiger partial charge in [-0.05, 0) is 54.8 Å². The number of rotatable bonds is 12. The molecule has 0 aromatic heterocycles. The Labute approximate surface area is 194 Å². The number of carbonyl (C=O) groups is 2. The minimum absolute atomic E-state index is 0.0403. The molecule has 0 bridgehead atoms. The van der Waals surface area contributed by atoms with E-state index in [1.54, 1.807) is 29.2 Å². The topological polar surface area (TPSA) is 96.3 Å². The summed E-state index contributed by atoms with van der Waals surface area (Å²) in [5.41, 5.74) is 2.05. The molecule has 1 unspecified atom stereocenters. The summed E-state index contributed by atoms with van der Waals surface area (Å²) in [6, 6.07) is 14.1. The summed E-state index contributed by atoms with van der Waals surface area (Å²) in [5, 5.41) is 19.1. The lowest BCUT2D eigenvalue weighted by Crippen LogP contribution is -2.37. The van der Waals surface area contributed by atoms with Gasteiger partial charge in [0.15, 0.2) is 0 Å². The van der Waals surface area contributed by atoms with Gasteiger partial charge in [0.05, 0.1) is 24.3 Å². The van der Waals surface area contributed by atoms with E-state index in [1.807, 2.05) is 24.3 Å². The molecule has 0 aliphatic carbocycles. The summed E-state index contributed by atoms with van der Waals surface area (Å²) in [5.74, 6) is 0.155. The highest BCUT2D eigenvalue weighted by Crippen LogP contribution is 2.29. The molecular weight excluding hydrogens is 422 g/mol. The third-order valence-corrected chi connectivity index (χ3v) is 5.82. The Morgan fingerprint density at radius 2 is 1.85 bits per heavy atom. The van der Waals surface area contributed by atoms with Crippen molar-refractivity contribution in [3.05, 3.63) is 59.7 Å². The van der Waals surface area contributed by atoms with Gasteiger partial charge < -0.3 is 24.6 Å². The number of esters is 1. The Bertz CT molecular complexity index is 896. The molecule has 2 N–H and O–H groups in total. The first-order valence-electron chi connectivity index (χ1n) is 11.6. The third-order valence-electron chi connectivity index (χ3n) is 5.82. The normalized spacial score (nSPS) is 16.6. The number of carbonyl (C=O) groups excluding carboxylic acids is 2. The summed E-state index contributed by atoms with van der Waals surface area (Å²) >= 11 is 0. The summed E-state index contributed by atoms with van der Waals surface area (Å²) in [7, 11) is 0. The maximum atomic E-state index is 12.5. The SMILES string of the molecule is CCCCC[C@H](O)c1ccc(N2C(=O)CCC2COc2ccc(C(=O)OCCO)cc2)cc1. The van der Waals surface area contributed by atoms with Crippen LogP contribution in [0.1, 0.15) is 67.5 Å². The second-order valence-corrected chi connectivity index (χ2v) is 8.25. The fourth-order valence-corrected chi connectivity index (χ4v) is 3.97. The van der Waals surface area contributed by atoms with Crippen LogP contribution in [0.25, 0.3) is 0 Å². The number of hydrogen-bond acceptors (Lipinski definition) is 6. The van der Waals surface area contributed by atoms with Gasteiger partial charge in [0.2, 0.25) is 5.91 Å². The van der Waals surface area contributed by atoms with Gasteiger partial charge in [0, 0.05) is 12.1 Å². The van der Waals surface area contributed by atoms with Crippen LogP contribution in [0.3, 0.4) is 0 Å². The summed E-state index contributed by atoms with van der Waals surface area (Å²) in [6.07, 6.45) is 4.64. The van der Waals surface area contributed by atoms with E-state index in [2.05, 4.69) is 6.92 Å². The molecule has 3 rings (SSSR count). The van der Waals surface area contributed by atoms with E-state index in [1.165, 1.54) is 0 Å². The van der Waals surface area contributed by atoms with Crippen molar-refractivity contribution in [2.24, 2.45) is 0 Å². The van der Waals surface area contributed by atoms with E-state index in [4.69, 9.17) is 14.6 Å². The number of aliphatic hydroxyl groups excluding tert-OH is 2. The van der Waals surface area contributed by atoms with Crippen LogP contribution in [-0.2, 0) is 9.53 Å². The Morgan fingerprint density at radius 1 is 1.12 bits per heavy atom. The zero-order valence-electron chi connectivity index (χ0n) is 19.1. The quantitative estimate of drug-likeness (QED) is 0.371. The van der Waals surface area contributed by atoms with Crippen molar-refractivity contribution in [2.75, 3.05) is 24.7 Å². The maximum absolute atomic E-state index is 12.5. The molecule has 1 aliphatic heterocycles. The van der Waals surface area contributed by atoms with E-state index in [-0.39, 0.29) is 25.2 Å². The van der Waals surface area contributed by atoms with Gasteiger partial charge in [0.1, 0.15) is 19.0 Å². The zero-order valence-corrected chi connectivity index (χ0v) is 19.1. The molecule has 2 aromatic rings. The zero-order chi connectivity index (χ0) is 23.6. The molecule has 1 amide bonds. The minimum Gasteiger partial charge on any atom is -0.491 e. The van der Waals surface area contributed by atoms with Crippen LogP contribution < -0.4 is 9.64 Å². The first-order valence-corrected chi connectivity index (χ1v) is 11.6. The largest absolute Gasteiger partial charge is 0.491 e. The predicted octanol–water partition coefficient (Wildman–Crippen LogP) is 4.02. The molecule has 1 saturated heterocycles. The number of ether oxygens (including phenoxy) is 2. The monoisotopic (exact) mass is 455 g/mol. The Hall–Kier alpha value is -2.90. The highest BCUT2D eigenvalue weighted by molar-refractivity contribution is 5.96. The van der Waals surface area contributed by atoms with E-state index in [9.17, 15) is 14.7 Å². The lowest BCUT2D eigenvalue weighted by Gasteiger charge is -2.25. The molecule has 1 fully saturated rings. The average molecular weight is 456 g/mol. The van der Waals surface area contributed by atoms with Crippen LogP contribution in [0.2, 0.25) is 0 Å². The number of nitrogens with zero attached hydrogens (tertiary/aromatic N) is 1. The van der Waals surface area contributed by atoms with Crippen LogP contribution in [0.5, 0.6) is 5.75 Å². The summed E-state index contributed by atoms with van der Waals surface area (Å²) in [6.45, 7) is 2.22. The van der Waals surface area contributed by atoms with Crippen LogP contribution >= 0.6 is 0 Å². The number of benzene rings is 2. The molecule has 2 atom stereocenters. The molecule has 1 heterocycles. The van der Waals surface area contributed by atoms with E-state index in [0.717, 1.165) is 36.9 Å². The van der Waals surface area contributed by atoms with Crippen molar-refractivity contribution in [3.63, 3.8) is 0 Å². The van der Waals surface area contributed by atoms with Crippen LogP contribution in [0.4, 0.5) is 5.69 Å². The molecule has 2 aromatic carbocycles. The van der Waals surface area contributed by atoms with Crippen molar-refractivity contribution in [1.82, 2.24) is 0 Å². The Morgan fingerprint density at radius 3 is 2.52 bits per heavy atom. The van der Waals surface area contributed by atoms with E-state index < -0.39 is 12.1 Å². The second-order valence-electron chi connectivity index (χ2n) is 8.25. The fraction of sp³-hybridized carbons (Fsp3) is 0.462. The molecule has 7 heteroatoms. The van der Waals surface area contributed by atoms with Crippen molar-refractivity contribution in [3.8, 4) is 5.75 Å². The number of aliphatic hydroxyl groups is 2. The molecule has 0 saturated carbocycles. The highest BCUT2D eigenvalue weighted by atomic mass is 16.5. The van der Waals surface area contributed by atoms with Crippen molar-refractivity contribution in [1.29, 1.82) is 0 Å². The molecule has 33 heavy (non-hydrogen) atoms. The minimum atomic E-state index is -0.498. The van der Waals surface area contributed by atoms with Gasteiger partial charge in [-0.3, -0.25) is 4.79 Å². The summed E-state index contributed by atoms with van der Waals surface area (Å²) < 4.78 is 10.8. The van der Waals surface area contributed by atoms with Gasteiger partial charge in [-0.25, -0.2) is 4.79 Å². The maximum Gasteiger partial charge on any atom is 0.338 e. The Balaban J connectivity index is 1.58. The van der Waals surface area contributed by atoms with Crippen LogP contribution in [0, 0.1) is 0 Å². The van der Waals surface area contributed by atoms with E-state index in [0.29, 0.717) is 30.8 Å². The van der Waals surface area contributed by atoms with Crippen LogP contribution in [0.15, 0.2) is 48.5 Å². The molecule has 0 radical (unpaired) electrons. The van der Waals surface area contributed by atoms with Gasteiger partial charge in [-0.2, -0.15) is 0 Å². The van der Waals surface area contributed by atoms with E-state index >= 15 is 0 Å². The van der Waals surface area contributed by atoms with Gasteiger partial charge >= 0.3 is 5.97 Å². The standard InChI is InChI=1S/C26H33NO6/c1-2-3-4-5-24(29)19-6-10-21(11-7-19)27-22(12-15-25(27)30)18-33-23-13-8-20(9-14-23)26(31)32-17-16-28/h6-11,13-14,22,24,28-29H,2-5,12,15-18H2,1H3/t22?,24-/m0/s1. The molecule has 178 valence electrons. The predicted molar refractivity (Wildman–Crippen MR) is 125 cm³/mol. The van der Waals surface area contributed by atoms with Crippen molar-refractivity contribution < 1.29 is 29.3 Å². The fourth-order valence-electron chi connectivity index (χ4n) is 3.97. The van der Waals surface area contributed by atoms with Crippen molar-refractivity contribution >= 4 is 17.6 Å². The van der Waals surface area contributed by atoms with Crippen molar-refractivity contribution in [2.45, 2.75) is 57.6 Å². The molecule has 1 aliphatic rings. The van der Waals surface area contributed by atoms with Gasteiger partial charge in [-0.15, -0.1) is 0 Å². The first kappa shape index (κ1) is 24.7. The molecule has 7 nitrogen and oxygen atoms in total. The van der Waals surface area contributed by atoms with Gasteiger partial charge in [-0.1, -0.05) is 38.3 Å². The van der Waals surface area contributed by atoms with Gasteiger partial charge in [0.25, 0.3) is 0 Å². The number of hydrogen-bond donors (Lipinski definition) is 2. The average Bonchev–Trinajstić information content (AvgIpc) is 3.21. The lowest BCUT2D eigenvalue weighted by atomic mass is 10.0. The number of anilines is 1. The summed E-state index contributed by atoms with van der Waals surface area (Å²) in [4.78, 5) is 26.1. The first-order chi connectivity index (χ1) is 16.0. The third kappa shape index (κ3) is 6.79. The number of amides is 1. The Kier molecular flexibility index (Phi) is 9.27. The van der Waals surface area contributed by atoms with Crippen LogP contribution in [-0.4, -0.2) is 48.0 Å². The lowest BCUT2D eigenvalue weighted by molar-refractivity contribution is -0.117. The number of unbranched alkanes of at least 4 members (excludes halogenated alkanes) is 2. The molecular formula is C26H33NO6. The highest BCUT2D eigenvalue weighted by Gasteiger charge is 2.32.